The second-order valence-corrected chi connectivity index (χ2v) is 6.77. The molecule has 140 valence electrons. The third kappa shape index (κ3) is 5.25. The van der Waals surface area contributed by atoms with Gasteiger partial charge < -0.3 is 19.3 Å². The number of esters is 1. The van der Waals surface area contributed by atoms with Gasteiger partial charge in [0.25, 0.3) is 5.56 Å². The highest BCUT2D eigenvalue weighted by Gasteiger charge is 2.40. The zero-order chi connectivity index (χ0) is 18.8. The highest BCUT2D eigenvalue weighted by atomic mass is 16.7. The molecule has 2 N–H and O–H groups in total. The first kappa shape index (κ1) is 19.4. The molecule has 0 saturated carbocycles. The van der Waals surface area contributed by atoms with E-state index in [9.17, 15) is 19.5 Å². The first-order valence-corrected chi connectivity index (χ1v) is 8.10. The number of hydrogen-bond donors (Lipinski definition) is 2. The Kier molecular flexibility index (Phi) is 5.81. The van der Waals surface area contributed by atoms with Crippen molar-refractivity contribution in [3.8, 4) is 0 Å². The number of ether oxygens (including phenoxy) is 3. The maximum atomic E-state index is 11.9. The van der Waals surface area contributed by atoms with Crippen molar-refractivity contribution in [1.82, 2.24) is 9.55 Å². The lowest BCUT2D eigenvalue weighted by Gasteiger charge is -2.26. The first-order valence-electron chi connectivity index (χ1n) is 8.10. The molecule has 1 aliphatic heterocycles. The summed E-state index contributed by atoms with van der Waals surface area (Å²) in [6, 6.07) is 1.21. The number of carbonyl (C=O) groups is 1. The monoisotopic (exact) mass is 356 g/mol. The van der Waals surface area contributed by atoms with Crippen LogP contribution in [-0.2, 0) is 19.0 Å². The van der Waals surface area contributed by atoms with Gasteiger partial charge in [-0.2, -0.15) is 0 Å². The van der Waals surface area contributed by atoms with E-state index >= 15 is 0 Å². The van der Waals surface area contributed by atoms with Crippen LogP contribution in [0.3, 0.4) is 0 Å². The smallest absolute Gasteiger partial charge is 0.330 e. The van der Waals surface area contributed by atoms with Crippen LogP contribution in [0.25, 0.3) is 0 Å². The molecule has 0 aromatic carbocycles. The van der Waals surface area contributed by atoms with Gasteiger partial charge in [0.15, 0.2) is 5.79 Å². The molecule has 3 atom stereocenters. The largest absolute Gasteiger partial charge is 0.463 e. The van der Waals surface area contributed by atoms with Crippen LogP contribution in [-0.4, -0.2) is 45.2 Å². The Bertz CT molecular complexity index is 716. The van der Waals surface area contributed by atoms with E-state index in [2.05, 4.69) is 4.98 Å². The molecule has 0 amide bonds. The molecule has 1 aromatic rings. The number of aromatic amines is 1. The number of aliphatic hydroxyl groups is 1. The van der Waals surface area contributed by atoms with Crippen molar-refractivity contribution in [3.63, 3.8) is 0 Å². The topological polar surface area (TPSA) is 120 Å². The van der Waals surface area contributed by atoms with E-state index < -0.39 is 35.5 Å². The number of rotatable bonds is 6. The summed E-state index contributed by atoms with van der Waals surface area (Å²) in [5.41, 5.74) is -1.12. The lowest BCUT2D eigenvalue weighted by atomic mass is 10.1. The zero-order valence-corrected chi connectivity index (χ0v) is 14.7. The number of hydrogen-bond acceptors (Lipinski definition) is 7. The maximum absolute atomic E-state index is 11.9. The summed E-state index contributed by atoms with van der Waals surface area (Å²) in [6.45, 7) is 6.32. The average Bonchev–Trinajstić information content (AvgIpc) is 2.85. The predicted molar refractivity (Wildman–Crippen MR) is 86.8 cm³/mol. The first-order chi connectivity index (χ1) is 11.6. The van der Waals surface area contributed by atoms with E-state index in [1.807, 2.05) is 0 Å². The summed E-state index contributed by atoms with van der Waals surface area (Å²) in [7, 11) is 0. The quantitative estimate of drug-likeness (QED) is 0.549. The highest BCUT2D eigenvalue weighted by molar-refractivity contribution is 5.71. The van der Waals surface area contributed by atoms with Gasteiger partial charge in [0, 0.05) is 18.7 Å². The molecule has 1 aromatic heterocycles. The Morgan fingerprint density at radius 1 is 1.48 bits per heavy atom. The Morgan fingerprint density at radius 3 is 2.72 bits per heavy atom. The van der Waals surface area contributed by atoms with Crippen LogP contribution in [0, 0.1) is 5.92 Å². The van der Waals surface area contributed by atoms with E-state index in [4.69, 9.17) is 14.2 Å². The molecule has 0 unspecified atom stereocenters. The third-order valence-electron chi connectivity index (χ3n) is 3.64. The Hall–Kier alpha value is -1.97. The lowest BCUT2D eigenvalue weighted by Crippen LogP contribution is -2.37. The van der Waals surface area contributed by atoms with Crippen molar-refractivity contribution in [1.29, 1.82) is 0 Å². The van der Waals surface area contributed by atoms with Gasteiger partial charge in [-0.1, -0.05) is 13.8 Å². The summed E-state index contributed by atoms with van der Waals surface area (Å²) in [6.07, 6.45) is -0.379. The van der Waals surface area contributed by atoms with Gasteiger partial charge in [-0.15, -0.1) is 0 Å². The fraction of sp³-hybridized carbons (Fsp3) is 0.688. The minimum Gasteiger partial charge on any atom is -0.463 e. The van der Waals surface area contributed by atoms with Gasteiger partial charge in [0.05, 0.1) is 12.0 Å². The molecule has 9 nitrogen and oxygen atoms in total. The molecular weight excluding hydrogens is 332 g/mol. The van der Waals surface area contributed by atoms with Crippen molar-refractivity contribution in [2.24, 2.45) is 5.92 Å². The van der Waals surface area contributed by atoms with E-state index in [1.165, 1.54) is 30.7 Å². The van der Waals surface area contributed by atoms with Gasteiger partial charge in [-0.25, -0.2) is 4.79 Å². The standard InChI is InChI=1S/C16H24N2O7/c1-9(2)14(20)23-8-11-10(25-16(3,4)22)7-13(24-11)18-6-5-12(19)17-15(18)21/h5-6,9-11,13,22H,7-8H2,1-4H3,(H,17,19,21)/t10-,11+,13+/m0/s1. The van der Waals surface area contributed by atoms with Crippen molar-refractivity contribution in [2.45, 2.75) is 58.3 Å². The molecule has 0 radical (unpaired) electrons. The van der Waals surface area contributed by atoms with Gasteiger partial charge in [0.2, 0.25) is 0 Å². The average molecular weight is 356 g/mol. The number of nitrogens with one attached hydrogen (secondary N) is 1. The van der Waals surface area contributed by atoms with E-state index in [1.54, 1.807) is 13.8 Å². The summed E-state index contributed by atoms with van der Waals surface area (Å²) >= 11 is 0. The van der Waals surface area contributed by atoms with Crippen molar-refractivity contribution >= 4 is 5.97 Å². The number of H-pyrrole nitrogens is 1. The minimum absolute atomic E-state index is 0.0631. The van der Waals surface area contributed by atoms with Gasteiger partial charge in [-0.05, 0) is 13.8 Å². The van der Waals surface area contributed by atoms with Crippen LogP contribution in [0.15, 0.2) is 21.9 Å². The van der Waals surface area contributed by atoms with Gasteiger partial charge in [0.1, 0.15) is 18.9 Å². The van der Waals surface area contributed by atoms with Crippen LogP contribution >= 0.6 is 0 Å². The Labute approximate surface area is 144 Å². The van der Waals surface area contributed by atoms with E-state index in [-0.39, 0.29) is 24.9 Å². The molecule has 2 rings (SSSR count). The van der Waals surface area contributed by atoms with Crippen LogP contribution in [0.1, 0.15) is 40.3 Å². The fourth-order valence-corrected chi connectivity index (χ4v) is 2.50. The van der Waals surface area contributed by atoms with Gasteiger partial charge >= 0.3 is 11.7 Å². The second-order valence-electron chi connectivity index (χ2n) is 6.77. The molecule has 1 aliphatic rings. The SMILES string of the molecule is CC(C)C(=O)OC[C@H]1O[C@@H](n2ccc(=O)[nH]c2=O)C[C@@H]1OC(C)(C)O. The zero-order valence-electron chi connectivity index (χ0n) is 14.7. The lowest BCUT2D eigenvalue weighted by molar-refractivity contribution is -0.218. The van der Waals surface area contributed by atoms with Crippen LogP contribution in [0.2, 0.25) is 0 Å². The number of carbonyl (C=O) groups excluding carboxylic acids is 1. The van der Waals surface area contributed by atoms with Crippen LogP contribution in [0.4, 0.5) is 0 Å². The molecule has 0 aliphatic carbocycles. The molecule has 9 heteroatoms. The molecule has 0 spiro atoms. The van der Waals surface area contributed by atoms with E-state index in [0.717, 1.165) is 0 Å². The summed E-state index contributed by atoms with van der Waals surface area (Å²) in [5, 5.41) is 9.91. The predicted octanol–water partition coefficient (Wildman–Crippen LogP) is 0.137. The van der Waals surface area contributed by atoms with Crippen molar-refractivity contribution in [2.75, 3.05) is 6.61 Å². The molecule has 1 saturated heterocycles. The third-order valence-corrected chi connectivity index (χ3v) is 3.64. The summed E-state index contributed by atoms with van der Waals surface area (Å²) in [4.78, 5) is 36.9. The second kappa shape index (κ2) is 7.51. The number of nitrogens with zero attached hydrogens (tertiary/aromatic N) is 1. The van der Waals surface area contributed by atoms with Gasteiger partial charge in [-0.3, -0.25) is 19.1 Å². The van der Waals surface area contributed by atoms with Crippen LogP contribution in [0.5, 0.6) is 0 Å². The molecule has 2 heterocycles. The molecule has 0 bridgehead atoms. The molecule has 1 fully saturated rings. The normalized spacial score (nSPS) is 23.8. The van der Waals surface area contributed by atoms with E-state index in [0.29, 0.717) is 0 Å². The van der Waals surface area contributed by atoms with Crippen molar-refractivity contribution < 1.29 is 24.1 Å². The number of aromatic nitrogens is 2. The van der Waals surface area contributed by atoms with Crippen LogP contribution < -0.4 is 11.2 Å². The molecule has 25 heavy (non-hydrogen) atoms. The fourth-order valence-electron chi connectivity index (χ4n) is 2.50. The Morgan fingerprint density at radius 2 is 2.16 bits per heavy atom. The minimum atomic E-state index is -1.42. The highest BCUT2D eigenvalue weighted by Crippen LogP contribution is 2.32. The van der Waals surface area contributed by atoms with Crippen molar-refractivity contribution in [3.05, 3.63) is 33.1 Å². The molecular formula is C16H24N2O7. The summed E-state index contributed by atoms with van der Waals surface area (Å²) < 4.78 is 17.8. The summed E-state index contributed by atoms with van der Waals surface area (Å²) in [5.74, 6) is -2.08. The maximum Gasteiger partial charge on any atom is 0.330 e. The Balaban J connectivity index is 2.16.